The van der Waals surface area contributed by atoms with E-state index in [0.29, 0.717) is 24.6 Å². The zero-order valence-electron chi connectivity index (χ0n) is 15.1. The van der Waals surface area contributed by atoms with Crippen molar-refractivity contribution in [3.05, 3.63) is 35.9 Å². The zero-order chi connectivity index (χ0) is 17.3. The van der Waals surface area contributed by atoms with Gasteiger partial charge in [-0.1, -0.05) is 30.3 Å². The van der Waals surface area contributed by atoms with E-state index in [0.717, 1.165) is 37.5 Å². The molecule has 1 aromatic carbocycles. The Hall–Kier alpha value is -0.670. The molecule has 2 rings (SSSR count). The SMILES string of the molecule is CCNC(=NCC1(C)CCCO1)NCCS(=O)Cc1ccccc1.I. The number of nitrogens with one attached hydrogen (secondary N) is 2. The van der Waals surface area contributed by atoms with Gasteiger partial charge in [-0.3, -0.25) is 9.20 Å². The molecule has 0 bridgehead atoms. The zero-order valence-corrected chi connectivity index (χ0v) is 18.3. The van der Waals surface area contributed by atoms with Gasteiger partial charge in [0.25, 0.3) is 0 Å². The van der Waals surface area contributed by atoms with Crippen LogP contribution < -0.4 is 10.6 Å². The largest absolute Gasteiger partial charge is 0.373 e. The summed E-state index contributed by atoms with van der Waals surface area (Å²) in [6.45, 7) is 7.07. The molecule has 1 saturated heterocycles. The minimum Gasteiger partial charge on any atom is -0.373 e. The second-order valence-electron chi connectivity index (χ2n) is 6.30. The van der Waals surface area contributed by atoms with Crippen LogP contribution in [0.2, 0.25) is 0 Å². The standard InChI is InChI=1S/C18H29N3O2S.HI/c1-3-19-17(21-15-18(2)10-7-12-23-18)20-11-13-24(22)14-16-8-5-4-6-9-16;/h4-6,8-9H,3,7,10-15H2,1-2H3,(H2,19,20,21);1H. The van der Waals surface area contributed by atoms with Crippen molar-refractivity contribution < 1.29 is 8.95 Å². The Balaban J connectivity index is 0.00000312. The lowest BCUT2D eigenvalue weighted by atomic mass is 10.0. The molecule has 5 nitrogen and oxygen atoms in total. The smallest absolute Gasteiger partial charge is 0.191 e. The molecule has 0 aromatic heterocycles. The van der Waals surface area contributed by atoms with E-state index in [1.165, 1.54) is 0 Å². The number of rotatable bonds is 8. The lowest BCUT2D eigenvalue weighted by Gasteiger charge is -2.21. The molecule has 142 valence electrons. The van der Waals surface area contributed by atoms with Crippen molar-refractivity contribution in [1.29, 1.82) is 0 Å². The van der Waals surface area contributed by atoms with Crippen LogP contribution in [-0.4, -0.2) is 47.8 Å². The first-order chi connectivity index (χ1) is 11.6. The highest BCUT2D eigenvalue weighted by molar-refractivity contribution is 14.0. The fourth-order valence-corrected chi connectivity index (χ4v) is 3.70. The minimum absolute atomic E-state index is 0. The first-order valence-electron chi connectivity index (χ1n) is 8.66. The second-order valence-corrected chi connectivity index (χ2v) is 7.87. The van der Waals surface area contributed by atoms with Gasteiger partial charge >= 0.3 is 0 Å². The number of aliphatic imine (C=N–C) groups is 1. The van der Waals surface area contributed by atoms with Crippen molar-refractivity contribution in [2.75, 3.05) is 32.0 Å². The lowest BCUT2D eigenvalue weighted by Crippen LogP contribution is -2.40. The van der Waals surface area contributed by atoms with Gasteiger partial charge in [-0.05, 0) is 32.3 Å². The molecule has 2 unspecified atom stereocenters. The van der Waals surface area contributed by atoms with Crippen LogP contribution in [0, 0.1) is 0 Å². The highest BCUT2D eigenvalue weighted by atomic mass is 127. The van der Waals surface area contributed by atoms with Gasteiger partial charge in [-0.25, -0.2) is 0 Å². The quantitative estimate of drug-likeness (QED) is 0.342. The Morgan fingerprint density at radius 3 is 2.72 bits per heavy atom. The van der Waals surface area contributed by atoms with Gasteiger partial charge in [0.05, 0.1) is 12.1 Å². The molecule has 2 atom stereocenters. The maximum absolute atomic E-state index is 12.2. The molecule has 0 amide bonds. The summed E-state index contributed by atoms with van der Waals surface area (Å²) in [4.78, 5) is 4.62. The van der Waals surface area contributed by atoms with E-state index in [4.69, 9.17) is 4.74 Å². The van der Waals surface area contributed by atoms with Crippen molar-refractivity contribution in [3.8, 4) is 0 Å². The van der Waals surface area contributed by atoms with Crippen LogP contribution in [0.5, 0.6) is 0 Å². The van der Waals surface area contributed by atoms with Crippen LogP contribution in [0.1, 0.15) is 32.3 Å². The molecule has 1 aromatic rings. The van der Waals surface area contributed by atoms with Crippen LogP contribution in [0.4, 0.5) is 0 Å². The van der Waals surface area contributed by atoms with Gasteiger partial charge in [0.2, 0.25) is 0 Å². The van der Waals surface area contributed by atoms with Gasteiger partial charge in [0.1, 0.15) is 0 Å². The third-order valence-corrected chi connectivity index (χ3v) is 5.32. The highest BCUT2D eigenvalue weighted by Crippen LogP contribution is 2.24. The second kappa shape index (κ2) is 11.9. The first-order valence-corrected chi connectivity index (χ1v) is 10.2. The Morgan fingerprint density at radius 1 is 1.32 bits per heavy atom. The minimum atomic E-state index is -0.876. The van der Waals surface area contributed by atoms with Crippen LogP contribution in [0.25, 0.3) is 0 Å². The van der Waals surface area contributed by atoms with Gasteiger partial charge in [-0.15, -0.1) is 24.0 Å². The Kier molecular flexibility index (Phi) is 10.6. The molecular weight excluding hydrogens is 449 g/mol. The Bertz CT molecular complexity index is 549. The van der Waals surface area contributed by atoms with Crippen LogP contribution in [0.3, 0.4) is 0 Å². The predicted octanol–water partition coefficient (Wildman–Crippen LogP) is 2.68. The van der Waals surface area contributed by atoms with Gasteiger partial charge in [0.15, 0.2) is 5.96 Å². The molecule has 0 spiro atoms. The average Bonchev–Trinajstić information content (AvgIpc) is 3.01. The summed E-state index contributed by atoms with van der Waals surface area (Å²) in [5.74, 6) is 1.97. The fraction of sp³-hybridized carbons (Fsp3) is 0.611. The van der Waals surface area contributed by atoms with Gasteiger partial charge < -0.3 is 15.4 Å². The number of guanidine groups is 1. The van der Waals surface area contributed by atoms with Crippen LogP contribution in [-0.2, 0) is 21.3 Å². The maximum atomic E-state index is 12.2. The molecule has 1 aliphatic heterocycles. The summed E-state index contributed by atoms with van der Waals surface area (Å²) >= 11 is 0. The summed E-state index contributed by atoms with van der Waals surface area (Å²) in [7, 11) is -0.876. The van der Waals surface area contributed by atoms with E-state index in [1.807, 2.05) is 37.3 Å². The van der Waals surface area contributed by atoms with Gasteiger partial charge in [0, 0.05) is 42.0 Å². The molecule has 25 heavy (non-hydrogen) atoms. The molecule has 1 fully saturated rings. The number of benzene rings is 1. The van der Waals surface area contributed by atoms with E-state index in [9.17, 15) is 4.21 Å². The third kappa shape index (κ3) is 8.50. The van der Waals surface area contributed by atoms with E-state index < -0.39 is 10.8 Å². The monoisotopic (exact) mass is 479 g/mol. The number of ether oxygens (including phenoxy) is 1. The van der Waals surface area contributed by atoms with E-state index in [-0.39, 0.29) is 29.6 Å². The Morgan fingerprint density at radius 2 is 2.08 bits per heavy atom. The summed E-state index contributed by atoms with van der Waals surface area (Å²) in [6, 6.07) is 9.96. The molecule has 2 N–H and O–H groups in total. The number of hydrogen-bond acceptors (Lipinski definition) is 3. The lowest BCUT2D eigenvalue weighted by molar-refractivity contribution is 0.0283. The van der Waals surface area contributed by atoms with E-state index >= 15 is 0 Å². The van der Waals surface area contributed by atoms with Crippen LogP contribution in [0.15, 0.2) is 35.3 Å². The Labute approximate surface area is 170 Å². The van der Waals surface area contributed by atoms with Crippen molar-refractivity contribution >= 4 is 40.7 Å². The molecule has 7 heteroatoms. The van der Waals surface area contributed by atoms with Gasteiger partial charge in [-0.2, -0.15) is 0 Å². The van der Waals surface area contributed by atoms with Crippen LogP contribution >= 0.6 is 24.0 Å². The number of hydrogen-bond donors (Lipinski definition) is 2. The predicted molar refractivity (Wildman–Crippen MR) is 116 cm³/mol. The van der Waals surface area contributed by atoms with E-state index in [1.54, 1.807) is 0 Å². The molecule has 1 aliphatic rings. The topological polar surface area (TPSA) is 62.7 Å². The van der Waals surface area contributed by atoms with Crippen molar-refractivity contribution in [2.45, 2.75) is 38.0 Å². The molecule has 1 heterocycles. The number of halogens is 1. The molecule has 0 aliphatic carbocycles. The normalized spacial score (nSPS) is 21.4. The summed E-state index contributed by atoms with van der Waals surface area (Å²) in [6.07, 6.45) is 2.16. The summed E-state index contributed by atoms with van der Waals surface area (Å²) in [5, 5.41) is 6.50. The maximum Gasteiger partial charge on any atom is 0.191 e. The van der Waals surface area contributed by atoms with Crippen molar-refractivity contribution in [1.82, 2.24) is 10.6 Å². The molecule has 0 radical (unpaired) electrons. The first kappa shape index (κ1) is 22.4. The van der Waals surface area contributed by atoms with Crippen molar-refractivity contribution in [3.63, 3.8) is 0 Å². The summed E-state index contributed by atoms with van der Waals surface area (Å²) in [5.41, 5.74) is 0.973. The fourth-order valence-electron chi connectivity index (χ4n) is 2.67. The average molecular weight is 479 g/mol. The number of nitrogens with zero attached hydrogens (tertiary/aromatic N) is 1. The molecule has 0 saturated carbocycles. The summed E-state index contributed by atoms with van der Waals surface area (Å²) < 4.78 is 17.9. The van der Waals surface area contributed by atoms with Crippen molar-refractivity contribution in [2.24, 2.45) is 4.99 Å². The molecular formula is C18H30IN3O2S. The van der Waals surface area contributed by atoms with E-state index in [2.05, 4.69) is 22.5 Å². The highest BCUT2D eigenvalue weighted by Gasteiger charge is 2.29. The third-order valence-electron chi connectivity index (χ3n) is 4.01.